The predicted octanol–water partition coefficient (Wildman–Crippen LogP) is 0.171. The van der Waals surface area contributed by atoms with Gasteiger partial charge in [-0.2, -0.15) is 0 Å². The second-order valence-electron chi connectivity index (χ2n) is 4.59. The molecule has 18 heavy (non-hydrogen) atoms. The third kappa shape index (κ3) is 3.95. The molecular formula is C13H22N4O. The number of rotatable bonds is 4. The van der Waals surface area contributed by atoms with Crippen LogP contribution < -0.4 is 11.1 Å². The van der Waals surface area contributed by atoms with Crippen molar-refractivity contribution < 1.29 is 4.79 Å². The van der Waals surface area contributed by atoms with Crippen LogP contribution in [0.15, 0.2) is 4.99 Å². The molecule has 1 fully saturated rings. The van der Waals surface area contributed by atoms with Crippen LogP contribution >= 0.6 is 0 Å². The summed E-state index contributed by atoms with van der Waals surface area (Å²) in [6.45, 7) is 3.73. The van der Waals surface area contributed by atoms with Crippen LogP contribution in [0.3, 0.4) is 0 Å². The molecule has 100 valence electrons. The summed E-state index contributed by atoms with van der Waals surface area (Å²) in [4.78, 5) is 17.3. The van der Waals surface area contributed by atoms with Crippen molar-refractivity contribution >= 4 is 11.9 Å². The van der Waals surface area contributed by atoms with E-state index >= 15 is 0 Å². The third-order valence-corrected chi connectivity index (χ3v) is 3.20. The summed E-state index contributed by atoms with van der Waals surface area (Å²) < 4.78 is 0. The first-order valence-electron chi connectivity index (χ1n) is 6.33. The maximum atomic E-state index is 10.9. The Bertz CT molecular complexity index is 358. The molecule has 0 aliphatic carbocycles. The zero-order valence-corrected chi connectivity index (χ0v) is 11.1. The van der Waals surface area contributed by atoms with E-state index in [2.05, 4.69) is 21.1 Å². The lowest BCUT2D eigenvalue weighted by molar-refractivity contribution is -0.118. The molecule has 5 heteroatoms. The molecule has 0 bridgehead atoms. The summed E-state index contributed by atoms with van der Waals surface area (Å²) in [5, 5.41) is 3.24. The topological polar surface area (TPSA) is 70.7 Å². The van der Waals surface area contributed by atoms with E-state index < -0.39 is 0 Å². The van der Waals surface area contributed by atoms with Gasteiger partial charge in [-0.3, -0.25) is 9.79 Å². The molecule has 1 amide bonds. The van der Waals surface area contributed by atoms with Crippen LogP contribution in [0.5, 0.6) is 0 Å². The van der Waals surface area contributed by atoms with Gasteiger partial charge >= 0.3 is 0 Å². The number of guanidine groups is 1. The van der Waals surface area contributed by atoms with Crippen molar-refractivity contribution in [2.75, 3.05) is 20.1 Å². The van der Waals surface area contributed by atoms with Gasteiger partial charge in [-0.1, -0.05) is 12.8 Å². The van der Waals surface area contributed by atoms with Gasteiger partial charge in [-0.15, -0.1) is 6.42 Å². The van der Waals surface area contributed by atoms with Crippen molar-refractivity contribution in [2.24, 2.45) is 16.6 Å². The van der Waals surface area contributed by atoms with Crippen LogP contribution in [-0.4, -0.2) is 42.9 Å². The van der Waals surface area contributed by atoms with E-state index in [0.717, 1.165) is 31.9 Å². The second-order valence-corrected chi connectivity index (χ2v) is 4.59. The van der Waals surface area contributed by atoms with Gasteiger partial charge in [0, 0.05) is 26.6 Å². The summed E-state index contributed by atoms with van der Waals surface area (Å²) in [7, 11) is 1.74. The Hall–Kier alpha value is -1.70. The first-order chi connectivity index (χ1) is 8.60. The van der Waals surface area contributed by atoms with E-state index in [9.17, 15) is 4.79 Å². The number of amides is 1. The lowest BCUT2D eigenvalue weighted by Crippen LogP contribution is -2.44. The average molecular weight is 250 g/mol. The van der Waals surface area contributed by atoms with E-state index in [1.54, 1.807) is 7.05 Å². The van der Waals surface area contributed by atoms with Gasteiger partial charge < -0.3 is 16.0 Å². The molecule has 0 aromatic rings. The Morgan fingerprint density at radius 3 is 2.94 bits per heavy atom. The van der Waals surface area contributed by atoms with Gasteiger partial charge in [0.15, 0.2) is 5.96 Å². The van der Waals surface area contributed by atoms with Crippen molar-refractivity contribution in [2.45, 2.75) is 32.2 Å². The smallest absolute Gasteiger partial charge is 0.217 e. The van der Waals surface area contributed by atoms with E-state index in [-0.39, 0.29) is 11.9 Å². The Morgan fingerprint density at radius 1 is 1.72 bits per heavy atom. The molecule has 0 radical (unpaired) electrons. The van der Waals surface area contributed by atoms with Gasteiger partial charge in [-0.25, -0.2) is 0 Å². The summed E-state index contributed by atoms with van der Waals surface area (Å²) in [6.07, 6.45) is 7.70. The largest absolute Gasteiger partial charge is 0.370 e. The van der Waals surface area contributed by atoms with Crippen LogP contribution in [0.4, 0.5) is 0 Å². The molecule has 3 N–H and O–H groups in total. The summed E-state index contributed by atoms with van der Waals surface area (Å²) in [5.74, 6) is 3.59. The highest BCUT2D eigenvalue weighted by molar-refractivity contribution is 5.81. The fourth-order valence-corrected chi connectivity index (χ4v) is 2.19. The number of nitrogens with two attached hydrogens (primary N) is 1. The molecule has 5 nitrogen and oxygen atoms in total. The first-order valence-corrected chi connectivity index (χ1v) is 6.33. The van der Waals surface area contributed by atoms with Crippen molar-refractivity contribution in [3.05, 3.63) is 0 Å². The number of nitrogens with zero attached hydrogens (tertiary/aromatic N) is 2. The maximum absolute atomic E-state index is 10.9. The number of aliphatic imine (C=N–C) groups is 1. The SMILES string of the molecule is C#CC(CC)NC(=NC)N1CCC(CC(N)=O)C1. The fourth-order valence-electron chi connectivity index (χ4n) is 2.19. The van der Waals surface area contributed by atoms with Gasteiger partial charge in [-0.05, 0) is 18.8 Å². The highest BCUT2D eigenvalue weighted by Crippen LogP contribution is 2.19. The molecular weight excluding hydrogens is 228 g/mol. The third-order valence-electron chi connectivity index (χ3n) is 3.20. The number of carbonyl (C=O) groups excluding carboxylic acids is 1. The Morgan fingerprint density at radius 2 is 2.44 bits per heavy atom. The minimum Gasteiger partial charge on any atom is -0.370 e. The van der Waals surface area contributed by atoms with Crippen LogP contribution in [0.1, 0.15) is 26.2 Å². The van der Waals surface area contributed by atoms with Crippen LogP contribution in [0, 0.1) is 18.3 Å². The van der Waals surface area contributed by atoms with Gasteiger partial charge in [0.1, 0.15) is 0 Å². The summed E-state index contributed by atoms with van der Waals surface area (Å²) >= 11 is 0. The number of likely N-dealkylation sites (tertiary alicyclic amines) is 1. The van der Waals surface area contributed by atoms with Crippen LogP contribution in [0.25, 0.3) is 0 Å². The molecule has 0 aromatic carbocycles. The van der Waals surface area contributed by atoms with Crippen molar-refractivity contribution in [1.82, 2.24) is 10.2 Å². The molecule has 0 spiro atoms. The molecule has 1 rings (SSSR count). The van der Waals surface area contributed by atoms with Crippen LogP contribution in [0.2, 0.25) is 0 Å². The van der Waals surface area contributed by atoms with Gasteiger partial charge in [0.05, 0.1) is 6.04 Å². The number of hydrogen-bond donors (Lipinski definition) is 2. The molecule has 2 unspecified atom stereocenters. The standard InChI is InChI=1S/C13H22N4O/c1-4-11(5-2)16-13(15-3)17-7-6-10(9-17)8-12(14)18/h1,10-11H,5-9H2,2-3H3,(H2,14,18)(H,15,16). The molecule has 0 saturated carbocycles. The van der Waals surface area contributed by atoms with Gasteiger partial charge in [0.2, 0.25) is 5.91 Å². The van der Waals surface area contributed by atoms with Crippen LogP contribution in [-0.2, 0) is 4.79 Å². The Labute approximate surface area is 109 Å². The fraction of sp³-hybridized carbons (Fsp3) is 0.692. The molecule has 0 aromatic heterocycles. The normalized spacial score (nSPS) is 21.5. The quantitative estimate of drug-likeness (QED) is 0.424. The highest BCUT2D eigenvalue weighted by atomic mass is 16.1. The van der Waals surface area contributed by atoms with E-state index in [1.807, 2.05) is 6.92 Å². The highest BCUT2D eigenvalue weighted by Gasteiger charge is 2.26. The minimum absolute atomic E-state index is 0.00103. The molecule has 2 atom stereocenters. The Balaban J connectivity index is 2.54. The van der Waals surface area contributed by atoms with E-state index in [1.165, 1.54) is 0 Å². The van der Waals surface area contributed by atoms with Crippen molar-refractivity contribution in [1.29, 1.82) is 0 Å². The monoisotopic (exact) mass is 250 g/mol. The number of carbonyl (C=O) groups is 1. The number of nitrogens with one attached hydrogen (secondary N) is 1. The summed E-state index contributed by atoms with van der Waals surface area (Å²) in [6, 6.07) is -0.00103. The second kappa shape index (κ2) is 6.90. The zero-order valence-electron chi connectivity index (χ0n) is 11.1. The molecule has 1 saturated heterocycles. The predicted molar refractivity (Wildman–Crippen MR) is 72.9 cm³/mol. The minimum atomic E-state index is -0.236. The molecule has 1 heterocycles. The molecule has 1 aliphatic rings. The number of primary amides is 1. The maximum Gasteiger partial charge on any atom is 0.217 e. The lowest BCUT2D eigenvalue weighted by atomic mass is 10.1. The molecule has 1 aliphatic heterocycles. The van der Waals surface area contributed by atoms with Crippen molar-refractivity contribution in [3.8, 4) is 12.3 Å². The number of terminal acetylenes is 1. The van der Waals surface area contributed by atoms with E-state index in [4.69, 9.17) is 12.2 Å². The lowest BCUT2D eigenvalue weighted by Gasteiger charge is -2.24. The summed E-state index contributed by atoms with van der Waals surface area (Å²) in [5.41, 5.74) is 5.22. The van der Waals surface area contributed by atoms with Gasteiger partial charge in [0.25, 0.3) is 0 Å². The van der Waals surface area contributed by atoms with Crippen molar-refractivity contribution in [3.63, 3.8) is 0 Å². The number of hydrogen-bond acceptors (Lipinski definition) is 2. The Kier molecular flexibility index (Phi) is 5.50. The average Bonchev–Trinajstić information content (AvgIpc) is 2.78. The first kappa shape index (κ1) is 14.4. The van der Waals surface area contributed by atoms with E-state index in [0.29, 0.717) is 12.3 Å². The zero-order chi connectivity index (χ0) is 13.5.